The van der Waals surface area contributed by atoms with E-state index in [0.717, 1.165) is 30.8 Å². The number of ether oxygens (including phenoxy) is 1. The van der Waals surface area contributed by atoms with Crippen LogP contribution in [0, 0.1) is 11.3 Å². The third-order valence-electron chi connectivity index (χ3n) is 3.28. The molecule has 96 valence electrons. The normalized spacial score (nSPS) is 15.3. The summed E-state index contributed by atoms with van der Waals surface area (Å²) in [6.45, 7) is 5.84. The van der Waals surface area contributed by atoms with Crippen LogP contribution in [0.25, 0.3) is 0 Å². The Kier molecular flexibility index (Phi) is 4.20. The van der Waals surface area contributed by atoms with E-state index >= 15 is 0 Å². The average Bonchev–Trinajstić information content (AvgIpc) is 2.93. The minimum atomic E-state index is 0.640. The number of nitriles is 1. The Morgan fingerprint density at radius 3 is 2.63 bits per heavy atom. The number of hydrogen-bond acceptors (Lipinski definition) is 2. The van der Waals surface area contributed by atoms with E-state index in [1.807, 2.05) is 31.2 Å². The van der Waals surface area contributed by atoms with Gasteiger partial charge in [-0.1, -0.05) is 12.7 Å². The first-order valence-corrected chi connectivity index (χ1v) is 6.47. The van der Waals surface area contributed by atoms with Crippen molar-refractivity contribution >= 4 is 0 Å². The number of nitrogens with zero attached hydrogens (tertiary/aromatic N) is 1. The van der Waals surface area contributed by atoms with Gasteiger partial charge in [0.15, 0.2) is 0 Å². The molecule has 1 aliphatic rings. The van der Waals surface area contributed by atoms with E-state index in [2.05, 4.69) is 12.6 Å². The van der Waals surface area contributed by atoms with Gasteiger partial charge in [0.1, 0.15) is 11.5 Å². The van der Waals surface area contributed by atoms with Crippen molar-refractivity contribution in [1.82, 2.24) is 0 Å². The van der Waals surface area contributed by atoms with Crippen LogP contribution >= 0.6 is 0 Å². The van der Waals surface area contributed by atoms with E-state index in [-0.39, 0.29) is 0 Å². The van der Waals surface area contributed by atoms with E-state index in [9.17, 15) is 0 Å². The molecule has 2 rings (SSSR count). The smallest absolute Gasteiger partial charge is 0.127 e. The van der Waals surface area contributed by atoms with Crippen LogP contribution in [-0.2, 0) is 0 Å². The van der Waals surface area contributed by atoms with Gasteiger partial charge < -0.3 is 4.74 Å². The predicted octanol–water partition coefficient (Wildman–Crippen LogP) is 4.51. The molecule has 0 radical (unpaired) electrons. The fourth-order valence-corrected chi connectivity index (χ4v) is 2.29. The van der Waals surface area contributed by atoms with Crippen LogP contribution in [0.2, 0.25) is 0 Å². The molecular formula is C17H17NO. The van der Waals surface area contributed by atoms with Gasteiger partial charge in [0, 0.05) is 0 Å². The highest BCUT2D eigenvalue weighted by atomic mass is 16.5. The van der Waals surface area contributed by atoms with Gasteiger partial charge in [-0.3, -0.25) is 0 Å². The molecule has 0 aliphatic heterocycles. The van der Waals surface area contributed by atoms with Crippen LogP contribution in [0.4, 0.5) is 0 Å². The SMILES string of the molecule is C=CC1=C(/C(=C\C)Oc2ccc(C#N)cc2)CCC1. The van der Waals surface area contributed by atoms with Crippen molar-refractivity contribution in [2.45, 2.75) is 26.2 Å². The molecule has 0 spiro atoms. The zero-order valence-corrected chi connectivity index (χ0v) is 11.1. The molecule has 0 unspecified atom stereocenters. The van der Waals surface area contributed by atoms with Crippen molar-refractivity contribution in [3.63, 3.8) is 0 Å². The Balaban J connectivity index is 2.20. The summed E-state index contributed by atoms with van der Waals surface area (Å²) >= 11 is 0. The Bertz CT molecular complexity index is 570. The molecule has 1 aromatic carbocycles. The molecule has 0 atom stereocenters. The van der Waals surface area contributed by atoms with Crippen LogP contribution in [0.3, 0.4) is 0 Å². The third kappa shape index (κ3) is 2.95. The number of hydrogen-bond donors (Lipinski definition) is 0. The molecule has 19 heavy (non-hydrogen) atoms. The maximum Gasteiger partial charge on any atom is 0.127 e. The van der Waals surface area contributed by atoms with E-state index in [0.29, 0.717) is 5.56 Å². The highest BCUT2D eigenvalue weighted by molar-refractivity contribution is 5.42. The molecule has 0 amide bonds. The van der Waals surface area contributed by atoms with Gasteiger partial charge in [-0.15, -0.1) is 0 Å². The molecule has 1 aliphatic carbocycles. The van der Waals surface area contributed by atoms with E-state index in [4.69, 9.17) is 10.00 Å². The lowest BCUT2D eigenvalue weighted by atomic mass is 10.1. The second kappa shape index (κ2) is 6.06. The third-order valence-corrected chi connectivity index (χ3v) is 3.28. The Hall–Kier alpha value is -2.27. The van der Waals surface area contributed by atoms with Crippen molar-refractivity contribution < 1.29 is 4.74 Å². The van der Waals surface area contributed by atoms with Gasteiger partial charge in [-0.25, -0.2) is 0 Å². The summed E-state index contributed by atoms with van der Waals surface area (Å²) < 4.78 is 5.93. The second-order valence-corrected chi connectivity index (χ2v) is 4.45. The Morgan fingerprint density at radius 1 is 1.32 bits per heavy atom. The second-order valence-electron chi connectivity index (χ2n) is 4.45. The summed E-state index contributed by atoms with van der Waals surface area (Å²) in [7, 11) is 0. The topological polar surface area (TPSA) is 33.0 Å². The molecular weight excluding hydrogens is 234 g/mol. The molecule has 2 heteroatoms. The molecule has 0 saturated carbocycles. The monoisotopic (exact) mass is 251 g/mol. The predicted molar refractivity (Wildman–Crippen MR) is 76.6 cm³/mol. The number of rotatable bonds is 4. The molecule has 0 bridgehead atoms. The lowest BCUT2D eigenvalue weighted by molar-refractivity contribution is 0.432. The first kappa shape index (κ1) is 13.2. The summed E-state index contributed by atoms with van der Waals surface area (Å²) in [5.74, 6) is 1.66. The lowest BCUT2D eigenvalue weighted by Crippen LogP contribution is -1.99. The standard InChI is InChI=1S/C17H17NO/c1-3-14-6-5-7-16(14)17(4-2)19-15-10-8-13(12-18)9-11-15/h3-4,8-11H,1,5-7H2,2H3/b17-4+. The largest absolute Gasteiger partial charge is 0.457 e. The quantitative estimate of drug-likeness (QED) is 0.738. The van der Waals surface area contributed by atoms with Crippen molar-refractivity contribution in [1.29, 1.82) is 5.26 Å². The number of benzene rings is 1. The maximum absolute atomic E-state index is 8.78. The van der Waals surface area contributed by atoms with Gasteiger partial charge in [0.05, 0.1) is 11.6 Å². The Labute approximate surface area is 114 Å². The van der Waals surface area contributed by atoms with Gasteiger partial charge in [-0.05, 0) is 67.7 Å². The van der Waals surface area contributed by atoms with E-state index in [1.165, 1.54) is 11.1 Å². The fraction of sp³-hybridized carbons (Fsp3) is 0.235. The van der Waals surface area contributed by atoms with Crippen LogP contribution in [-0.4, -0.2) is 0 Å². The zero-order valence-electron chi connectivity index (χ0n) is 11.1. The van der Waals surface area contributed by atoms with E-state index < -0.39 is 0 Å². The molecule has 0 N–H and O–H groups in total. The molecule has 0 saturated heterocycles. The van der Waals surface area contributed by atoms with Gasteiger partial charge in [0.2, 0.25) is 0 Å². The summed E-state index contributed by atoms with van der Waals surface area (Å²) in [6, 6.07) is 9.28. The highest BCUT2D eigenvalue weighted by Crippen LogP contribution is 2.33. The first-order valence-electron chi connectivity index (χ1n) is 6.47. The summed E-state index contributed by atoms with van der Waals surface area (Å²) in [4.78, 5) is 0. The first-order chi connectivity index (χ1) is 9.28. The van der Waals surface area contributed by atoms with E-state index in [1.54, 1.807) is 12.1 Å². The van der Waals surface area contributed by atoms with Crippen molar-refractivity contribution in [2.75, 3.05) is 0 Å². The van der Waals surface area contributed by atoms with Crippen LogP contribution in [0.15, 0.2) is 59.9 Å². The summed E-state index contributed by atoms with van der Waals surface area (Å²) in [6.07, 6.45) is 7.19. The van der Waals surface area contributed by atoms with Crippen molar-refractivity contribution in [2.24, 2.45) is 0 Å². The minimum absolute atomic E-state index is 0.640. The Morgan fingerprint density at radius 2 is 2.05 bits per heavy atom. The molecule has 1 aromatic rings. The number of allylic oxidation sites excluding steroid dienone is 4. The van der Waals surface area contributed by atoms with Crippen LogP contribution in [0.1, 0.15) is 31.7 Å². The lowest BCUT2D eigenvalue weighted by Gasteiger charge is -2.12. The average molecular weight is 251 g/mol. The summed E-state index contributed by atoms with van der Waals surface area (Å²) in [5, 5.41) is 8.78. The highest BCUT2D eigenvalue weighted by Gasteiger charge is 2.17. The molecule has 0 heterocycles. The van der Waals surface area contributed by atoms with Crippen LogP contribution in [0.5, 0.6) is 5.75 Å². The van der Waals surface area contributed by atoms with Crippen LogP contribution < -0.4 is 4.74 Å². The van der Waals surface area contributed by atoms with Crippen molar-refractivity contribution in [3.05, 3.63) is 65.5 Å². The molecule has 0 fully saturated rings. The zero-order chi connectivity index (χ0) is 13.7. The van der Waals surface area contributed by atoms with Gasteiger partial charge in [-0.2, -0.15) is 5.26 Å². The minimum Gasteiger partial charge on any atom is -0.457 e. The fourth-order valence-electron chi connectivity index (χ4n) is 2.29. The van der Waals surface area contributed by atoms with Gasteiger partial charge >= 0.3 is 0 Å². The summed E-state index contributed by atoms with van der Waals surface area (Å²) in [5.41, 5.74) is 3.17. The maximum atomic E-state index is 8.78. The van der Waals surface area contributed by atoms with Crippen molar-refractivity contribution in [3.8, 4) is 11.8 Å². The molecule has 2 nitrogen and oxygen atoms in total. The molecule has 0 aromatic heterocycles. The van der Waals surface area contributed by atoms with Gasteiger partial charge in [0.25, 0.3) is 0 Å².